The zero-order valence-electron chi connectivity index (χ0n) is 8.66. The Morgan fingerprint density at radius 2 is 2.60 bits per heavy atom. The molecule has 4 nitrogen and oxygen atoms in total. The fourth-order valence-electron chi connectivity index (χ4n) is 1.33. The summed E-state index contributed by atoms with van der Waals surface area (Å²) in [4.78, 5) is 7.14. The molecule has 1 fully saturated rings. The predicted octanol–water partition coefficient (Wildman–Crippen LogP) is 1.54. The molecule has 0 bridgehead atoms. The molecule has 1 aliphatic rings. The summed E-state index contributed by atoms with van der Waals surface area (Å²) in [5, 5.41) is 13.4. The third kappa shape index (κ3) is 2.98. The van der Waals surface area contributed by atoms with Gasteiger partial charge in [0, 0.05) is 24.2 Å². The summed E-state index contributed by atoms with van der Waals surface area (Å²) in [5.74, 6) is 0.716. The monoisotopic (exact) mass is 222 g/mol. The Kier molecular flexibility index (Phi) is 2.98. The maximum Gasteiger partial charge on any atom is 0.165 e. The van der Waals surface area contributed by atoms with Gasteiger partial charge < -0.3 is 4.98 Å². The number of nitrogens with zero attached hydrogens (tertiary/aromatic N) is 2. The van der Waals surface area contributed by atoms with E-state index in [0.717, 1.165) is 5.16 Å². The molecule has 1 aromatic heterocycles. The Morgan fingerprint density at radius 3 is 3.13 bits per heavy atom. The van der Waals surface area contributed by atoms with Gasteiger partial charge >= 0.3 is 0 Å². The number of hydrogen-bond acceptors (Lipinski definition) is 4. The lowest BCUT2D eigenvalue weighted by Gasteiger charge is -2.22. The van der Waals surface area contributed by atoms with Gasteiger partial charge in [0.1, 0.15) is 5.54 Å². The average molecular weight is 222 g/mol. The molecule has 0 spiro atoms. The maximum atomic E-state index is 9.13. The molecule has 0 aromatic carbocycles. The van der Waals surface area contributed by atoms with Crippen molar-refractivity contribution in [3.8, 4) is 6.07 Å². The van der Waals surface area contributed by atoms with E-state index < -0.39 is 5.54 Å². The van der Waals surface area contributed by atoms with Crippen LogP contribution >= 0.6 is 11.8 Å². The minimum atomic E-state index is -0.446. The van der Waals surface area contributed by atoms with E-state index in [-0.39, 0.29) is 0 Å². The van der Waals surface area contributed by atoms with Gasteiger partial charge in [0.05, 0.1) is 6.07 Å². The van der Waals surface area contributed by atoms with Crippen molar-refractivity contribution in [2.45, 2.75) is 36.5 Å². The summed E-state index contributed by atoms with van der Waals surface area (Å²) in [6.07, 6.45) is 5.91. The number of aromatic nitrogens is 2. The van der Waals surface area contributed by atoms with E-state index >= 15 is 0 Å². The molecule has 2 N–H and O–H groups in total. The fourth-order valence-corrected chi connectivity index (χ4v) is 2.19. The molecule has 0 aliphatic heterocycles. The Hall–Kier alpha value is -0.990. The highest BCUT2D eigenvalue weighted by Gasteiger charge is 2.32. The van der Waals surface area contributed by atoms with Crippen LogP contribution in [-0.4, -0.2) is 27.3 Å². The van der Waals surface area contributed by atoms with E-state index in [0.29, 0.717) is 11.8 Å². The molecule has 80 valence electrons. The first-order chi connectivity index (χ1) is 7.22. The van der Waals surface area contributed by atoms with Gasteiger partial charge in [-0.25, -0.2) is 4.98 Å². The van der Waals surface area contributed by atoms with Crippen molar-refractivity contribution in [1.82, 2.24) is 15.3 Å². The molecule has 0 radical (unpaired) electrons. The second kappa shape index (κ2) is 4.25. The lowest BCUT2D eigenvalue weighted by atomic mass is 10.1. The fraction of sp³-hybridized carbons (Fsp3) is 0.600. The van der Waals surface area contributed by atoms with Gasteiger partial charge in [-0.2, -0.15) is 5.26 Å². The quantitative estimate of drug-likeness (QED) is 0.742. The van der Waals surface area contributed by atoms with Crippen LogP contribution in [0.3, 0.4) is 0 Å². The van der Waals surface area contributed by atoms with Crippen LogP contribution in [0.25, 0.3) is 0 Å². The molecule has 5 heteroatoms. The Balaban J connectivity index is 1.87. The van der Waals surface area contributed by atoms with Gasteiger partial charge in [-0.1, -0.05) is 11.8 Å². The van der Waals surface area contributed by atoms with Crippen LogP contribution in [0.2, 0.25) is 0 Å². The largest absolute Gasteiger partial charge is 0.340 e. The van der Waals surface area contributed by atoms with Crippen LogP contribution < -0.4 is 5.32 Å². The van der Waals surface area contributed by atoms with E-state index in [1.165, 1.54) is 12.8 Å². The molecule has 1 aromatic rings. The minimum absolute atomic E-state index is 0.446. The number of aromatic amines is 1. The lowest BCUT2D eigenvalue weighted by molar-refractivity contribution is 0.490. The third-order valence-corrected chi connectivity index (χ3v) is 3.54. The van der Waals surface area contributed by atoms with E-state index in [1.54, 1.807) is 24.2 Å². The molecular formula is C10H14N4S. The molecule has 15 heavy (non-hydrogen) atoms. The average Bonchev–Trinajstić information content (AvgIpc) is 2.88. The zero-order valence-corrected chi connectivity index (χ0v) is 9.47. The van der Waals surface area contributed by atoms with Crippen molar-refractivity contribution < 1.29 is 0 Å². The van der Waals surface area contributed by atoms with Gasteiger partial charge in [0.25, 0.3) is 0 Å². The lowest BCUT2D eigenvalue weighted by Crippen LogP contribution is -2.44. The van der Waals surface area contributed by atoms with Crippen molar-refractivity contribution in [2.24, 2.45) is 0 Å². The normalized spacial score (nSPS) is 19.5. The Bertz CT molecular complexity index is 352. The highest BCUT2D eigenvalue weighted by molar-refractivity contribution is 7.99. The summed E-state index contributed by atoms with van der Waals surface area (Å²) in [7, 11) is 0. The molecule has 1 saturated carbocycles. The standard InChI is InChI=1S/C10H14N4S/c1-10(6-11,14-8-2-3-8)7-15-9-12-4-5-13-9/h4-5,8,14H,2-3,7H2,1H3,(H,12,13). The third-order valence-electron chi connectivity index (χ3n) is 2.32. The van der Waals surface area contributed by atoms with Gasteiger partial charge in [-0.3, -0.25) is 5.32 Å². The smallest absolute Gasteiger partial charge is 0.165 e. The van der Waals surface area contributed by atoms with E-state index in [1.807, 2.05) is 6.92 Å². The first-order valence-electron chi connectivity index (χ1n) is 5.03. The highest BCUT2D eigenvalue weighted by atomic mass is 32.2. The minimum Gasteiger partial charge on any atom is -0.340 e. The Labute approximate surface area is 93.5 Å². The first kappa shape index (κ1) is 10.5. The van der Waals surface area contributed by atoms with E-state index in [4.69, 9.17) is 5.26 Å². The summed E-state index contributed by atoms with van der Waals surface area (Å²) >= 11 is 1.58. The second-order valence-electron chi connectivity index (χ2n) is 4.05. The highest BCUT2D eigenvalue weighted by Crippen LogP contribution is 2.25. The molecule has 1 heterocycles. The predicted molar refractivity (Wildman–Crippen MR) is 59.5 cm³/mol. The number of rotatable bonds is 5. The molecule has 1 aliphatic carbocycles. The molecule has 0 amide bonds. The number of hydrogen-bond donors (Lipinski definition) is 2. The molecular weight excluding hydrogens is 208 g/mol. The van der Waals surface area contributed by atoms with Crippen LogP contribution in [0.4, 0.5) is 0 Å². The number of H-pyrrole nitrogens is 1. The Morgan fingerprint density at radius 1 is 1.80 bits per heavy atom. The van der Waals surface area contributed by atoms with Gasteiger partial charge in [-0.05, 0) is 19.8 Å². The van der Waals surface area contributed by atoms with Gasteiger partial charge in [0.15, 0.2) is 5.16 Å². The number of nitrogens with one attached hydrogen (secondary N) is 2. The summed E-state index contributed by atoms with van der Waals surface area (Å²) in [6, 6.07) is 2.89. The SMILES string of the molecule is CC(C#N)(CSc1ncc[nH]1)NC1CC1. The summed E-state index contributed by atoms with van der Waals surface area (Å²) < 4.78 is 0. The molecule has 1 atom stereocenters. The van der Waals surface area contributed by atoms with Crippen LogP contribution in [0.1, 0.15) is 19.8 Å². The molecule has 2 rings (SSSR count). The van der Waals surface area contributed by atoms with Gasteiger partial charge in [-0.15, -0.1) is 0 Å². The summed E-state index contributed by atoms with van der Waals surface area (Å²) in [5.41, 5.74) is -0.446. The van der Waals surface area contributed by atoms with Crippen LogP contribution in [-0.2, 0) is 0 Å². The van der Waals surface area contributed by atoms with Crippen LogP contribution in [0, 0.1) is 11.3 Å². The van der Waals surface area contributed by atoms with E-state index in [9.17, 15) is 0 Å². The van der Waals surface area contributed by atoms with Crippen molar-refractivity contribution in [2.75, 3.05) is 5.75 Å². The van der Waals surface area contributed by atoms with Crippen LogP contribution in [0.5, 0.6) is 0 Å². The van der Waals surface area contributed by atoms with Crippen LogP contribution in [0.15, 0.2) is 17.6 Å². The zero-order chi connectivity index (χ0) is 10.7. The van der Waals surface area contributed by atoms with Gasteiger partial charge in [0.2, 0.25) is 0 Å². The molecule has 0 saturated heterocycles. The topological polar surface area (TPSA) is 64.5 Å². The number of imidazole rings is 1. The van der Waals surface area contributed by atoms with Crippen molar-refractivity contribution >= 4 is 11.8 Å². The van der Waals surface area contributed by atoms with Crippen molar-refractivity contribution in [3.63, 3.8) is 0 Å². The second-order valence-corrected chi connectivity index (χ2v) is 5.01. The van der Waals surface area contributed by atoms with Crippen molar-refractivity contribution in [1.29, 1.82) is 5.26 Å². The van der Waals surface area contributed by atoms with Crippen molar-refractivity contribution in [3.05, 3.63) is 12.4 Å². The first-order valence-corrected chi connectivity index (χ1v) is 6.01. The van der Waals surface area contributed by atoms with E-state index in [2.05, 4.69) is 21.4 Å². The maximum absolute atomic E-state index is 9.13. The number of nitriles is 1. The molecule has 1 unspecified atom stereocenters. The summed E-state index contributed by atoms with van der Waals surface area (Å²) in [6.45, 7) is 1.95. The number of thioether (sulfide) groups is 1.